The van der Waals surface area contributed by atoms with Crippen molar-refractivity contribution >= 4 is 5.91 Å². The van der Waals surface area contributed by atoms with Gasteiger partial charge < -0.3 is 10.4 Å². The molecule has 1 amide bonds. The number of hydrogen-bond acceptors (Lipinski definition) is 2. The van der Waals surface area contributed by atoms with Crippen LogP contribution in [0.25, 0.3) is 0 Å². The van der Waals surface area contributed by atoms with E-state index in [-0.39, 0.29) is 12.5 Å². The fourth-order valence-corrected chi connectivity index (χ4v) is 0.307. The number of aliphatic hydroxyl groups excluding tert-OH is 1. The maximum absolute atomic E-state index is 10.0. The Morgan fingerprint density at radius 1 is 1.75 bits per heavy atom. The predicted octanol–water partition coefficient (Wildman–Crippen LogP) is -0.681. The number of rotatable bonds is 3. The minimum absolute atomic E-state index is 0.111. The number of nitrogens with one attached hydrogen (secondary N) is 1. The lowest BCUT2D eigenvalue weighted by Gasteiger charge is -1.95. The Hall–Kier alpha value is -0.570. The van der Waals surface area contributed by atoms with E-state index in [0.29, 0.717) is 13.0 Å². The minimum atomic E-state index is -0.293. The topological polar surface area (TPSA) is 49.3 Å². The van der Waals surface area contributed by atoms with Crippen LogP contribution in [0.3, 0.4) is 0 Å². The van der Waals surface area contributed by atoms with Crippen LogP contribution in [0.2, 0.25) is 0 Å². The lowest BCUT2D eigenvalue weighted by molar-refractivity contribution is -0.116. The molecule has 0 fully saturated rings. The summed E-state index contributed by atoms with van der Waals surface area (Å²) in [7, 11) is 0. The van der Waals surface area contributed by atoms with Crippen molar-refractivity contribution in [3.8, 4) is 0 Å². The highest BCUT2D eigenvalue weighted by Crippen LogP contribution is 1.69. The molecule has 0 rings (SSSR count). The summed E-state index contributed by atoms with van der Waals surface area (Å²) in [6, 6.07) is 0. The number of hydrogen-bond donors (Lipinski definition) is 2. The Balaban J connectivity index is 2.82. The first kappa shape index (κ1) is 7.43. The van der Waals surface area contributed by atoms with Gasteiger partial charge in [0.15, 0.2) is 0 Å². The van der Waals surface area contributed by atoms with Gasteiger partial charge in [0.2, 0.25) is 5.91 Å². The van der Waals surface area contributed by atoms with Crippen molar-refractivity contribution in [1.82, 2.24) is 5.32 Å². The molecule has 0 aliphatic rings. The monoisotopic (exact) mass is 116 g/mol. The van der Waals surface area contributed by atoms with Gasteiger partial charge in [-0.1, -0.05) is 0 Å². The molecule has 0 bridgehead atoms. The van der Waals surface area contributed by atoms with Crippen LogP contribution in [0.5, 0.6) is 0 Å². The first-order valence-electron chi connectivity index (χ1n) is 2.48. The third-order valence-electron chi connectivity index (χ3n) is 0.657. The van der Waals surface area contributed by atoms with Gasteiger partial charge in [-0.25, -0.2) is 0 Å². The van der Waals surface area contributed by atoms with Crippen molar-refractivity contribution in [2.75, 3.05) is 13.2 Å². The third kappa shape index (κ3) is 5.43. The highest BCUT2D eigenvalue weighted by Gasteiger charge is 1.86. The summed E-state index contributed by atoms with van der Waals surface area (Å²) in [5, 5.41) is 10.6. The first-order valence-corrected chi connectivity index (χ1v) is 2.48. The third-order valence-corrected chi connectivity index (χ3v) is 0.657. The van der Waals surface area contributed by atoms with Gasteiger partial charge in [-0.15, -0.1) is 0 Å². The van der Waals surface area contributed by atoms with E-state index >= 15 is 0 Å². The molecule has 0 aromatic rings. The molecule has 3 nitrogen and oxygen atoms in total. The molecule has 0 aromatic carbocycles. The molecule has 0 spiro atoms. The van der Waals surface area contributed by atoms with Crippen LogP contribution in [-0.4, -0.2) is 24.2 Å². The minimum Gasteiger partial charge on any atom is -0.396 e. The average Bonchev–Trinajstić information content (AvgIpc) is 1.66. The van der Waals surface area contributed by atoms with Gasteiger partial charge in [-0.3, -0.25) is 4.79 Å². The molecule has 2 N–H and O–H groups in total. The van der Waals surface area contributed by atoms with Crippen LogP contribution >= 0.6 is 0 Å². The van der Waals surface area contributed by atoms with Gasteiger partial charge in [-0.05, 0) is 6.42 Å². The van der Waals surface area contributed by atoms with Gasteiger partial charge in [0.25, 0.3) is 0 Å². The standard InChI is InChI=1S/C5H10NO2/c1-5(8)6-3-2-4-7/h7H,1-4H2,(H,6,8). The van der Waals surface area contributed by atoms with E-state index in [1.165, 1.54) is 0 Å². The smallest absolute Gasteiger partial charge is 0.220 e. The molecule has 3 heteroatoms. The highest BCUT2D eigenvalue weighted by molar-refractivity contribution is 5.79. The fraction of sp³-hybridized carbons (Fsp3) is 0.600. The van der Waals surface area contributed by atoms with E-state index in [1.807, 2.05) is 0 Å². The maximum Gasteiger partial charge on any atom is 0.220 e. The summed E-state index contributed by atoms with van der Waals surface area (Å²) >= 11 is 0. The van der Waals surface area contributed by atoms with Crippen molar-refractivity contribution in [1.29, 1.82) is 0 Å². The molecular weight excluding hydrogens is 106 g/mol. The van der Waals surface area contributed by atoms with Crippen LogP contribution in [-0.2, 0) is 4.79 Å². The summed E-state index contributed by atoms with van der Waals surface area (Å²) in [6.45, 7) is 3.70. The quantitative estimate of drug-likeness (QED) is 0.480. The van der Waals surface area contributed by atoms with E-state index in [9.17, 15) is 4.79 Å². The number of aliphatic hydroxyl groups is 1. The van der Waals surface area contributed by atoms with Gasteiger partial charge >= 0.3 is 0 Å². The second-order valence-electron chi connectivity index (χ2n) is 1.43. The molecule has 0 saturated carbocycles. The molecule has 0 aromatic heterocycles. The van der Waals surface area contributed by atoms with Crippen LogP contribution in [0.1, 0.15) is 6.42 Å². The number of carbonyl (C=O) groups is 1. The molecule has 47 valence electrons. The van der Waals surface area contributed by atoms with Crippen molar-refractivity contribution in [3.63, 3.8) is 0 Å². The first-order chi connectivity index (χ1) is 3.77. The lowest BCUT2D eigenvalue weighted by Crippen LogP contribution is -2.21. The highest BCUT2D eigenvalue weighted by atomic mass is 16.3. The van der Waals surface area contributed by atoms with Gasteiger partial charge in [0.1, 0.15) is 0 Å². The van der Waals surface area contributed by atoms with Gasteiger partial charge in [0.05, 0.1) is 0 Å². The summed E-state index contributed by atoms with van der Waals surface area (Å²) in [6.07, 6.45) is 0.598. The van der Waals surface area contributed by atoms with Gasteiger partial charge in [-0.2, -0.15) is 0 Å². The Labute approximate surface area is 48.7 Å². The van der Waals surface area contributed by atoms with Crippen LogP contribution in [0.15, 0.2) is 0 Å². The Bertz CT molecular complexity index is 72.8. The summed E-state index contributed by atoms with van der Waals surface area (Å²) in [5.41, 5.74) is 0. The van der Waals surface area contributed by atoms with E-state index in [0.717, 1.165) is 0 Å². The summed E-state index contributed by atoms with van der Waals surface area (Å²) in [5.74, 6) is -0.293. The second kappa shape index (κ2) is 4.59. The lowest BCUT2D eigenvalue weighted by atomic mass is 10.4. The zero-order chi connectivity index (χ0) is 6.41. The predicted molar refractivity (Wildman–Crippen MR) is 30.1 cm³/mol. The van der Waals surface area contributed by atoms with E-state index in [4.69, 9.17) is 5.11 Å². The molecule has 8 heavy (non-hydrogen) atoms. The zero-order valence-corrected chi connectivity index (χ0v) is 4.68. The van der Waals surface area contributed by atoms with E-state index < -0.39 is 0 Å². The summed E-state index contributed by atoms with van der Waals surface area (Å²) in [4.78, 5) is 10.0. The molecule has 0 atom stereocenters. The average molecular weight is 116 g/mol. The largest absolute Gasteiger partial charge is 0.396 e. The van der Waals surface area contributed by atoms with Gasteiger partial charge in [0, 0.05) is 20.1 Å². The van der Waals surface area contributed by atoms with E-state index in [2.05, 4.69) is 12.2 Å². The molecule has 0 aliphatic carbocycles. The van der Waals surface area contributed by atoms with Crippen LogP contribution in [0.4, 0.5) is 0 Å². The zero-order valence-electron chi connectivity index (χ0n) is 4.68. The van der Waals surface area contributed by atoms with Crippen molar-refractivity contribution < 1.29 is 9.90 Å². The fourth-order valence-electron chi connectivity index (χ4n) is 0.307. The molecule has 0 unspecified atom stereocenters. The second-order valence-corrected chi connectivity index (χ2v) is 1.43. The molecule has 1 radical (unpaired) electrons. The SMILES string of the molecule is [CH2]C(=O)NCCCO. The summed E-state index contributed by atoms with van der Waals surface area (Å²) < 4.78 is 0. The maximum atomic E-state index is 10.0. The molecule has 0 saturated heterocycles. The molecular formula is C5H10NO2. The molecule has 0 aliphatic heterocycles. The Morgan fingerprint density at radius 3 is 2.75 bits per heavy atom. The Morgan fingerprint density at radius 2 is 2.38 bits per heavy atom. The van der Waals surface area contributed by atoms with E-state index in [1.54, 1.807) is 0 Å². The van der Waals surface area contributed by atoms with Crippen molar-refractivity contribution in [2.45, 2.75) is 6.42 Å². The number of carbonyl (C=O) groups excluding carboxylic acids is 1. The molecule has 0 heterocycles. The normalized spacial score (nSPS) is 8.75. The van der Waals surface area contributed by atoms with Crippen molar-refractivity contribution in [2.24, 2.45) is 0 Å². The van der Waals surface area contributed by atoms with Crippen molar-refractivity contribution in [3.05, 3.63) is 6.92 Å². The Kier molecular flexibility index (Phi) is 4.26. The van der Waals surface area contributed by atoms with Crippen LogP contribution in [0, 0.1) is 6.92 Å². The van der Waals surface area contributed by atoms with Crippen LogP contribution < -0.4 is 5.32 Å². The number of amides is 1.